The van der Waals surface area contributed by atoms with Crippen molar-refractivity contribution in [3.63, 3.8) is 0 Å². The third-order valence-corrected chi connectivity index (χ3v) is 3.73. The molecule has 2 aromatic heterocycles. The van der Waals surface area contributed by atoms with E-state index >= 15 is 0 Å². The Bertz CT molecular complexity index is 1010. The van der Waals surface area contributed by atoms with Gasteiger partial charge in [0.05, 0.1) is 23.0 Å². The topological polar surface area (TPSA) is 137 Å². The molecular weight excluding hydrogens is 366 g/mol. The number of nitro groups is 1. The molecule has 0 radical (unpaired) electrons. The van der Waals surface area contributed by atoms with E-state index in [-0.39, 0.29) is 23.7 Å². The Hall–Kier alpha value is -4.02. The van der Waals surface area contributed by atoms with Gasteiger partial charge >= 0.3 is 5.82 Å². The Kier molecular flexibility index (Phi) is 5.44. The van der Waals surface area contributed by atoms with Gasteiger partial charge in [0, 0.05) is 18.4 Å². The molecular formula is C17H17N7O4. The fraction of sp³-hybridized carbons (Fsp3) is 0.176. The van der Waals surface area contributed by atoms with Gasteiger partial charge in [0.25, 0.3) is 5.91 Å². The molecule has 1 aromatic carbocycles. The summed E-state index contributed by atoms with van der Waals surface area (Å²) in [6, 6.07) is 10.1. The van der Waals surface area contributed by atoms with E-state index in [1.54, 1.807) is 30.5 Å². The van der Waals surface area contributed by atoms with Gasteiger partial charge < -0.3 is 20.7 Å². The number of nitrogens with one attached hydrogen (secondary N) is 2. The third kappa shape index (κ3) is 4.38. The molecule has 0 bridgehead atoms. The smallest absolute Gasteiger partial charge is 0.358 e. The van der Waals surface area contributed by atoms with Crippen LogP contribution in [0, 0.1) is 10.1 Å². The molecule has 0 unspecified atom stereocenters. The monoisotopic (exact) mass is 383 g/mol. The quantitative estimate of drug-likeness (QED) is 0.472. The average molecular weight is 383 g/mol. The number of benzene rings is 1. The molecule has 3 rings (SSSR count). The van der Waals surface area contributed by atoms with Crippen LogP contribution in [0.3, 0.4) is 0 Å². The summed E-state index contributed by atoms with van der Waals surface area (Å²) in [7, 11) is 0. The van der Waals surface area contributed by atoms with Crippen LogP contribution in [-0.4, -0.2) is 36.3 Å². The molecule has 0 saturated carbocycles. The first kappa shape index (κ1) is 18.8. The van der Waals surface area contributed by atoms with Crippen LogP contribution in [0.25, 0.3) is 0 Å². The predicted octanol–water partition coefficient (Wildman–Crippen LogP) is 1.90. The third-order valence-electron chi connectivity index (χ3n) is 3.73. The van der Waals surface area contributed by atoms with Crippen LogP contribution in [0.15, 0.2) is 48.8 Å². The van der Waals surface area contributed by atoms with Crippen LogP contribution >= 0.6 is 0 Å². The molecule has 11 heteroatoms. The van der Waals surface area contributed by atoms with Crippen molar-refractivity contribution in [3.05, 3.63) is 64.6 Å². The summed E-state index contributed by atoms with van der Waals surface area (Å²) in [5.41, 5.74) is 0.895. The molecule has 2 amide bonds. The molecule has 2 N–H and O–H groups in total. The number of amides is 2. The van der Waals surface area contributed by atoms with Gasteiger partial charge in [-0.05, 0) is 24.0 Å². The zero-order chi connectivity index (χ0) is 20.1. The second-order valence-corrected chi connectivity index (χ2v) is 5.74. The Morgan fingerprint density at radius 1 is 1.11 bits per heavy atom. The van der Waals surface area contributed by atoms with E-state index in [9.17, 15) is 19.7 Å². The maximum Gasteiger partial charge on any atom is 0.389 e. The van der Waals surface area contributed by atoms with E-state index in [2.05, 4.69) is 20.8 Å². The molecule has 0 fully saturated rings. The Labute approximate surface area is 159 Å². The average Bonchev–Trinajstić information content (AvgIpc) is 3.29. The highest BCUT2D eigenvalue weighted by molar-refractivity contribution is 6.08. The highest BCUT2D eigenvalue weighted by Gasteiger charge is 2.20. The van der Waals surface area contributed by atoms with E-state index in [0.29, 0.717) is 12.2 Å². The molecule has 0 aliphatic carbocycles. The number of nitrogens with zero attached hydrogens (tertiary/aromatic N) is 5. The van der Waals surface area contributed by atoms with E-state index in [1.165, 1.54) is 16.9 Å². The zero-order valence-corrected chi connectivity index (χ0v) is 14.9. The van der Waals surface area contributed by atoms with Crippen molar-refractivity contribution in [1.29, 1.82) is 0 Å². The fourth-order valence-electron chi connectivity index (χ4n) is 2.43. The number of hydrogen-bond donors (Lipinski definition) is 2. The maximum atomic E-state index is 12.6. The van der Waals surface area contributed by atoms with Gasteiger partial charge in [-0.25, -0.2) is 0 Å². The number of aromatic nitrogens is 4. The minimum Gasteiger partial charge on any atom is -0.358 e. The Balaban J connectivity index is 1.73. The highest BCUT2D eigenvalue weighted by Crippen LogP contribution is 2.17. The number of carbonyl (C=O) groups is 2. The standard InChI is InChI=1S/C17H17N7O4/c1-2-22-10-13(16(21-22)17(26)18-12-6-4-3-5-7-12)19-15(25)11-23-9-8-14(20-23)24(27)28/h3-10H,2,11H2,1H3,(H,18,26)(H,19,25). The molecule has 0 spiro atoms. The van der Waals surface area contributed by atoms with E-state index in [0.717, 1.165) is 4.68 Å². The van der Waals surface area contributed by atoms with E-state index in [1.807, 2.05) is 13.0 Å². The van der Waals surface area contributed by atoms with Crippen molar-refractivity contribution in [3.8, 4) is 0 Å². The maximum absolute atomic E-state index is 12.6. The summed E-state index contributed by atoms with van der Waals surface area (Å²) in [5, 5.41) is 23.9. The van der Waals surface area contributed by atoms with Gasteiger partial charge in [0.2, 0.25) is 5.91 Å². The number of carbonyl (C=O) groups excluding carboxylic acids is 2. The predicted molar refractivity (Wildman–Crippen MR) is 99.8 cm³/mol. The van der Waals surface area contributed by atoms with Crippen LogP contribution in [0.1, 0.15) is 17.4 Å². The molecule has 0 saturated heterocycles. The number of rotatable bonds is 7. The molecule has 28 heavy (non-hydrogen) atoms. The number of para-hydroxylation sites is 1. The van der Waals surface area contributed by atoms with Gasteiger partial charge in [0.15, 0.2) is 5.69 Å². The van der Waals surface area contributed by atoms with Crippen molar-refractivity contribution in [1.82, 2.24) is 19.6 Å². The minimum absolute atomic E-state index is 0.0606. The van der Waals surface area contributed by atoms with Crippen LogP contribution in [0.4, 0.5) is 17.2 Å². The summed E-state index contributed by atoms with van der Waals surface area (Å²) in [6.45, 7) is 2.11. The first-order valence-electron chi connectivity index (χ1n) is 8.38. The van der Waals surface area contributed by atoms with Crippen LogP contribution in [-0.2, 0) is 17.9 Å². The lowest BCUT2D eigenvalue weighted by Crippen LogP contribution is -2.21. The van der Waals surface area contributed by atoms with Gasteiger partial charge in [-0.3, -0.25) is 14.3 Å². The second-order valence-electron chi connectivity index (χ2n) is 5.74. The van der Waals surface area contributed by atoms with Gasteiger partial charge in [-0.2, -0.15) is 9.78 Å². The van der Waals surface area contributed by atoms with E-state index < -0.39 is 16.7 Å². The van der Waals surface area contributed by atoms with Crippen molar-refractivity contribution in [2.75, 3.05) is 10.6 Å². The lowest BCUT2D eigenvalue weighted by molar-refractivity contribution is -0.389. The normalized spacial score (nSPS) is 10.5. The fourth-order valence-corrected chi connectivity index (χ4v) is 2.43. The first-order valence-corrected chi connectivity index (χ1v) is 8.38. The summed E-state index contributed by atoms with van der Waals surface area (Å²) in [6.07, 6.45) is 2.87. The number of aryl methyl sites for hydroxylation is 1. The molecule has 0 aliphatic rings. The minimum atomic E-state index is -0.647. The van der Waals surface area contributed by atoms with Crippen LogP contribution in [0.2, 0.25) is 0 Å². The van der Waals surface area contributed by atoms with Crippen LogP contribution < -0.4 is 10.6 Å². The van der Waals surface area contributed by atoms with Crippen molar-refractivity contribution >= 4 is 29.0 Å². The molecule has 2 heterocycles. The molecule has 144 valence electrons. The first-order chi connectivity index (χ1) is 13.5. The molecule has 0 atom stereocenters. The summed E-state index contributed by atoms with van der Waals surface area (Å²) < 4.78 is 2.66. The zero-order valence-electron chi connectivity index (χ0n) is 14.9. The largest absolute Gasteiger partial charge is 0.389 e. The summed E-state index contributed by atoms with van der Waals surface area (Å²) >= 11 is 0. The lowest BCUT2D eigenvalue weighted by Gasteiger charge is -2.06. The second kappa shape index (κ2) is 8.12. The lowest BCUT2D eigenvalue weighted by atomic mass is 10.3. The SMILES string of the molecule is CCn1cc(NC(=O)Cn2ccc([N+](=O)[O-])n2)c(C(=O)Nc2ccccc2)n1. The van der Waals surface area contributed by atoms with Crippen LogP contribution in [0.5, 0.6) is 0 Å². The van der Waals surface area contributed by atoms with Gasteiger partial charge in [-0.15, -0.1) is 0 Å². The molecule has 0 aliphatic heterocycles. The molecule has 11 nitrogen and oxygen atoms in total. The van der Waals surface area contributed by atoms with Gasteiger partial charge in [-0.1, -0.05) is 18.2 Å². The van der Waals surface area contributed by atoms with Crippen molar-refractivity contribution in [2.45, 2.75) is 20.0 Å². The number of anilines is 2. The Morgan fingerprint density at radius 3 is 2.50 bits per heavy atom. The molecule has 3 aromatic rings. The highest BCUT2D eigenvalue weighted by atomic mass is 16.6. The number of hydrogen-bond acceptors (Lipinski definition) is 6. The van der Waals surface area contributed by atoms with Gasteiger partial charge in [0.1, 0.15) is 6.54 Å². The summed E-state index contributed by atoms with van der Waals surface area (Å²) in [4.78, 5) is 34.9. The van der Waals surface area contributed by atoms with Crippen molar-refractivity contribution in [2.24, 2.45) is 0 Å². The van der Waals surface area contributed by atoms with Crippen molar-refractivity contribution < 1.29 is 14.5 Å². The Morgan fingerprint density at radius 2 is 1.86 bits per heavy atom. The van der Waals surface area contributed by atoms with E-state index in [4.69, 9.17) is 0 Å². The summed E-state index contributed by atoms with van der Waals surface area (Å²) in [5.74, 6) is -1.32.